The highest BCUT2D eigenvalue weighted by Crippen LogP contribution is 2.38. The Kier molecular flexibility index (Phi) is 5.69. The maximum absolute atomic E-state index is 13.6. The molecule has 0 spiro atoms. The summed E-state index contributed by atoms with van der Waals surface area (Å²) in [6.45, 7) is 1.47. The Morgan fingerprint density at radius 3 is 2.61 bits per heavy atom. The second-order valence-electron chi connectivity index (χ2n) is 10.2. The van der Waals surface area contributed by atoms with Crippen LogP contribution in [0.4, 0.5) is 4.39 Å². The average molecular weight is 515 g/mol. The molecule has 1 fully saturated rings. The van der Waals surface area contributed by atoms with Crippen LogP contribution in [0.15, 0.2) is 53.3 Å². The highest BCUT2D eigenvalue weighted by atomic mass is 19.1. The van der Waals surface area contributed by atoms with Crippen molar-refractivity contribution in [3.8, 4) is 11.5 Å². The molecule has 2 aromatic heterocycles. The third-order valence-corrected chi connectivity index (χ3v) is 7.91. The molecule has 0 saturated heterocycles. The SMILES string of the molecule is O=c1[nH]c2cc3c(cc2cc1C(c1nnnn1C1CCCC1)N1CC=C(c2ccc(F)cc2)CC1)OCO3. The van der Waals surface area contributed by atoms with E-state index in [9.17, 15) is 9.18 Å². The summed E-state index contributed by atoms with van der Waals surface area (Å²) in [5.74, 6) is 1.72. The van der Waals surface area contributed by atoms with Crippen molar-refractivity contribution in [3.05, 3.63) is 81.7 Å². The Labute approximate surface area is 217 Å². The lowest BCUT2D eigenvalue weighted by Crippen LogP contribution is -2.38. The van der Waals surface area contributed by atoms with E-state index in [4.69, 9.17) is 9.47 Å². The molecule has 0 bridgehead atoms. The molecule has 1 saturated carbocycles. The number of pyridine rings is 1. The van der Waals surface area contributed by atoms with Gasteiger partial charge in [0.25, 0.3) is 5.56 Å². The number of nitrogens with zero attached hydrogens (tertiary/aromatic N) is 5. The molecule has 38 heavy (non-hydrogen) atoms. The van der Waals surface area contributed by atoms with Gasteiger partial charge >= 0.3 is 0 Å². The lowest BCUT2D eigenvalue weighted by molar-refractivity contribution is 0.174. The molecule has 1 unspecified atom stereocenters. The van der Waals surface area contributed by atoms with Gasteiger partial charge in [-0.3, -0.25) is 9.69 Å². The highest BCUT2D eigenvalue weighted by Gasteiger charge is 2.34. The summed E-state index contributed by atoms with van der Waals surface area (Å²) in [6.07, 6.45) is 7.25. The van der Waals surface area contributed by atoms with E-state index in [0.717, 1.165) is 48.6 Å². The topological polar surface area (TPSA) is 98.2 Å². The monoisotopic (exact) mass is 514 g/mol. The Morgan fingerprint density at radius 1 is 1.05 bits per heavy atom. The lowest BCUT2D eigenvalue weighted by Gasteiger charge is -2.33. The molecule has 7 rings (SSSR count). The Hall–Kier alpha value is -4.05. The number of ether oxygens (including phenoxy) is 2. The van der Waals surface area contributed by atoms with Crippen LogP contribution in [-0.4, -0.2) is 50.0 Å². The van der Waals surface area contributed by atoms with E-state index in [1.807, 2.05) is 28.9 Å². The minimum atomic E-state index is -0.435. The fourth-order valence-electron chi connectivity index (χ4n) is 5.95. The number of aromatic nitrogens is 5. The van der Waals surface area contributed by atoms with Crippen molar-refractivity contribution in [2.75, 3.05) is 19.9 Å². The van der Waals surface area contributed by atoms with Crippen molar-refractivity contribution < 1.29 is 13.9 Å². The summed E-state index contributed by atoms with van der Waals surface area (Å²) < 4.78 is 26.5. The molecule has 2 aliphatic heterocycles. The van der Waals surface area contributed by atoms with Crippen LogP contribution >= 0.6 is 0 Å². The summed E-state index contributed by atoms with van der Waals surface area (Å²) in [4.78, 5) is 18.9. The molecule has 9 nitrogen and oxygen atoms in total. The number of nitrogens with one attached hydrogen (secondary N) is 1. The highest BCUT2D eigenvalue weighted by molar-refractivity contribution is 5.83. The first-order chi connectivity index (χ1) is 18.6. The first-order valence-corrected chi connectivity index (χ1v) is 13.1. The maximum Gasteiger partial charge on any atom is 0.253 e. The van der Waals surface area contributed by atoms with Crippen LogP contribution in [-0.2, 0) is 0 Å². The normalized spacial score (nSPS) is 18.7. The molecule has 4 heterocycles. The number of fused-ring (bicyclic) bond motifs is 2. The van der Waals surface area contributed by atoms with E-state index < -0.39 is 6.04 Å². The van der Waals surface area contributed by atoms with Crippen LogP contribution < -0.4 is 15.0 Å². The Balaban J connectivity index is 1.31. The van der Waals surface area contributed by atoms with Crippen molar-refractivity contribution >= 4 is 16.5 Å². The van der Waals surface area contributed by atoms with Gasteiger partial charge in [-0.1, -0.05) is 31.1 Å². The molecule has 10 heteroatoms. The summed E-state index contributed by atoms with van der Waals surface area (Å²) in [5.41, 5.74) is 3.27. The summed E-state index contributed by atoms with van der Waals surface area (Å²) in [5, 5.41) is 13.8. The molecule has 0 amide bonds. The summed E-state index contributed by atoms with van der Waals surface area (Å²) >= 11 is 0. The van der Waals surface area contributed by atoms with Crippen molar-refractivity contribution in [3.63, 3.8) is 0 Å². The van der Waals surface area contributed by atoms with Gasteiger partial charge in [-0.15, -0.1) is 5.10 Å². The average Bonchev–Trinajstić information content (AvgIpc) is 3.71. The number of rotatable bonds is 5. The predicted octanol–water partition coefficient (Wildman–Crippen LogP) is 4.38. The van der Waals surface area contributed by atoms with Crippen LogP contribution in [0.3, 0.4) is 0 Å². The molecule has 1 atom stereocenters. The van der Waals surface area contributed by atoms with Crippen molar-refractivity contribution in [1.82, 2.24) is 30.1 Å². The van der Waals surface area contributed by atoms with Gasteiger partial charge in [-0.2, -0.15) is 0 Å². The van der Waals surface area contributed by atoms with E-state index in [1.165, 1.54) is 12.1 Å². The summed E-state index contributed by atoms with van der Waals surface area (Å²) in [6, 6.07) is 12.0. The largest absolute Gasteiger partial charge is 0.454 e. The molecule has 3 aliphatic rings. The fraction of sp³-hybridized carbons (Fsp3) is 0.357. The van der Waals surface area contributed by atoms with Crippen molar-refractivity contribution in [2.45, 2.75) is 44.2 Å². The van der Waals surface area contributed by atoms with Crippen LogP contribution in [0.1, 0.15) is 61.1 Å². The van der Waals surface area contributed by atoms with Gasteiger partial charge in [0.2, 0.25) is 6.79 Å². The fourth-order valence-corrected chi connectivity index (χ4v) is 5.95. The zero-order chi connectivity index (χ0) is 25.6. The lowest BCUT2D eigenvalue weighted by atomic mass is 9.96. The number of H-pyrrole nitrogens is 1. The van der Waals surface area contributed by atoms with Crippen LogP contribution in [0.5, 0.6) is 11.5 Å². The van der Waals surface area contributed by atoms with Crippen LogP contribution in [0, 0.1) is 5.82 Å². The standard InChI is InChI=1S/C28H27FN6O3/c29-20-7-5-17(6-8-20)18-9-11-34(12-10-18)26(27-31-32-33-35(27)21-3-1-2-4-21)22-13-19-14-24-25(38-16-37-24)15-23(19)30-28(22)36/h5-9,13-15,21,26H,1-4,10-12,16H2,(H,30,36). The molecule has 194 valence electrons. The summed E-state index contributed by atoms with van der Waals surface area (Å²) in [7, 11) is 0. The Morgan fingerprint density at radius 2 is 1.84 bits per heavy atom. The van der Waals surface area contributed by atoms with Crippen molar-refractivity contribution in [2.24, 2.45) is 0 Å². The van der Waals surface area contributed by atoms with Gasteiger partial charge in [0, 0.05) is 30.1 Å². The third kappa shape index (κ3) is 4.05. The van der Waals surface area contributed by atoms with E-state index in [0.29, 0.717) is 41.5 Å². The number of halogens is 1. The minimum absolute atomic E-state index is 0.165. The number of benzene rings is 2. The smallest absolute Gasteiger partial charge is 0.253 e. The minimum Gasteiger partial charge on any atom is -0.454 e. The molecule has 2 aromatic carbocycles. The number of hydrogen-bond acceptors (Lipinski definition) is 7. The van der Waals surface area contributed by atoms with E-state index in [2.05, 4.69) is 31.5 Å². The molecule has 1 N–H and O–H groups in total. The second kappa shape index (κ2) is 9.36. The van der Waals surface area contributed by atoms with Gasteiger partial charge < -0.3 is 14.5 Å². The molecular formula is C28H27FN6O3. The molecular weight excluding hydrogens is 487 g/mol. The van der Waals surface area contributed by atoms with E-state index in [1.54, 1.807) is 6.07 Å². The molecule has 0 radical (unpaired) electrons. The van der Waals surface area contributed by atoms with E-state index in [-0.39, 0.29) is 24.2 Å². The van der Waals surface area contributed by atoms with Crippen LogP contribution in [0.25, 0.3) is 16.5 Å². The predicted molar refractivity (Wildman–Crippen MR) is 138 cm³/mol. The number of aromatic amines is 1. The van der Waals surface area contributed by atoms with Crippen molar-refractivity contribution in [1.29, 1.82) is 0 Å². The van der Waals surface area contributed by atoms with Gasteiger partial charge in [-0.25, -0.2) is 9.07 Å². The maximum atomic E-state index is 13.6. The third-order valence-electron chi connectivity index (χ3n) is 7.91. The quantitative estimate of drug-likeness (QED) is 0.422. The number of tetrazole rings is 1. The zero-order valence-corrected chi connectivity index (χ0v) is 20.8. The molecule has 4 aromatic rings. The zero-order valence-electron chi connectivity index (χ0n) is 20.8. The number of hydrogen-bond donors (Lipinski definition) is 1. The Bertz CT molecular complexity index is 1590. The van der Waals surface area contributed by atoms with Gasteiger partial charge in [0.05, 0.1) is 11.6 Å². The van der Waals surface area contributed by atoms with Gasteiger partial charge in [-0.05, 0) is 65.1 Å². The van der Waals surface area contributed by atoms with Crippen LogP contribution in [0.2, 0.25) is 0 Å². The van der Waals surface area contributed by atoms with Gasteiger partial charge in [0.1, 0.15) is 11.9 Å². The molecule has 1 aliphatic carbocycles. The first-order valence-electron chi connectivity index (χ1n) is 13.1. The second-order valence-corrected chi connectivity index (χ2v) is 10.2. The van der Waals surface area contributed by atoms with Gasteiger partial charge in [0.15, 0.2) is 17.3 Å². The van der Waals surface area contributed by atoms with E-state index >= 15 is 0 Å². The first kappa shape index (κ1) is 23.1.